The Hall–Kier alpha value is -0.910. The third-order valence-electron chi connectivity index (χ3n) is 3.99. The van der Waals surface area contributed by atoms with Gasteiger partial charge in [0.15, 0.2) is 0 Å². The minimum absolute atomic E-state index is 0.428. The molecule has 5 heteroatoms. The Bertz CT molecular complexity index is 456. The van der Waals surface area contributed by atoms with Crippen LogP contribution in [0.1, 0.15) is 33.8 Å². The molecule has 2 N–H and O–H groups in total. The largest absolute Gasteiger partial charge is 0.477 e. The zero-order valence-electron chi connectivity index (χ0n) is 11.0. The van der Waals surface area contributed by atoms with Gasteiger partial charge in [0, 0.05) is 24.0 Å². The second-order valence-electron chi connectivity index (χ2n) is 5.58. The number of hydrogen-bond donors (Lipinski definition) is 2. The quantitative estimate of drug-likeness (QED) is 0.837. The summed E-state index contributed by atoms with van der Waals surface area (Å²) in [6.07, 6.45) is 4.09. The van der Waals surface area contributed by atoms with Crippen molar-refractivity contribution in [2.75, 3.05) is 19.6 Å². The van der Waals surface area contributed by atoms with Crippen molar-refractivity contribution in [2.45, 2.75) is 31.8 Å². The molecule has 0 amide bonds. The van der Waals surface area contributed by atoms with Crippen LogP contribution in [0, 0.1) is 5.92 Å². The van der Waals surface area contributed by atoms with Gasteiger partial charge in [-0.15, -0.1) is 11.3 Å². The minimum atomic E-state index is -0.827. The monoisotopic (exact) mass is 280 g/mol. The van der Waals surface area contributed by atoms with Crippen LogP contribution in [0.15, 0.2) is 12.1 Å². The number of aromatic carboxylic acids is 1. The highest BCUT2D eigenvalue weighted by molar-refractivity contribution is 7.13. The van der Waals surface area contributed by atoms with Crippen LogP contribution in [0.4, 0.5) is 0 Å². The van der Waals surface area contributed by atoms with Crippen molar-refractivity contribution in [1.82, 2.24) is 10.2 Å². The van der Waals surface area contributed by atoms with Crippen molar-refractivity contribution < 1.29 is 9.90 Å². The molecule has 2 heterocycles. The van der Waals surface area contributed by atoms with Crippen molar-refractivity contribution in [3.05, 3.63) is 21.9 Å². The summed E-state index contributed by atoms with van der Waals surface area (Å²) in [7, 11) is 0. The molecule has 19 heavy (non-hydrogen) atoms. The Morgan fingerprint density at radius 3 is 2.95 bits per heavy atom. The molecule has 104 valence electrons. The number of hydrogen-bond acceptors (Lipinski definition) is 4. The van der Waals surface area contributed by atoms with Gasteiger partial charge >= 0.3 is 5.97 Å². The molecular formula is C14H20N2O2S. The van der Waals surface area contributed by atoms with Crippen LogP contribution in [-0.4, -0.2) is 41.7 Å². The summed E-state index contributed by atoms with van der Waals surface area (Å²) in [5.41, 5.74) is 0. The van der Waals surface area contributed by atoms with Crippen LogP contribution in [0.5, 0.6) is 0 Å². The van der Waals surface area contributed by atoms with Crippen LogP contribution in [-0.2, 0) is 6.54 Å². The number of thiophene rings is 1. The number of carbonyl (C=O) groups is 1. The van der Waals surface area contributed by atoms with Gasteiger partial charge < -0.3 is 15.3 Å². The number of nitrogens with zero attached hydrogens (tertiary/aromatic N) is 1. The average molecular weight is 280 g/mol. The summed E-state index contributed by atoms with van der Waals surface area (Å²) in [4.78, 5) is 14.9. The van der Waals surface area contributed by atoms with E-state index in [-0.39, 0.29) is 0 Å². The van der Waals surface area contributed by atoms with Crippen LogP contribution in [0.3, 0.4) is 0 Å². The standard InChI is InChI=1S/C14H20N2O2S/c17-14(18)13-4-3-12(19-13)8-15-7-10-5-6-16(9-10)11-1-2-11/h3-4,10-11,15H,1-2,5-9H2,(H,17,18). The molecule has 1 aliphatic heterocycles. The number of carboxylic acids is 1. The molecule has 2 fully saturated rings. The zero-order valence-corrected chi connectivity index (χ0v) is 11.8. The molecule has 1 aromatic rings. The molecule has 0 radical (unpaired) electrons. The SMILES string of the molecule is O=C(O)c1ccc(CNCC2CCN(C3CC3)C2)s1. The lowest BCUT2D eigenvalue weighted by Crippen LogP contribution is -2.27. The molecular weight excluding hydrogens is 260 g/mol. The van der Waals surface area contributed by atoms with Crippen molar-refractivity contribution in [1.29, 1.82) is 0 Å². The fourth-order valence-electron chi connectivity index (χ4n) is 2.79. The third-order valence-corrected chi connectivity index (χ3v) is 5.06. The van der Waals surface area contributed by atoms with E-state index in [1.807, 2.05) is 6.07 Å². The molecule has 4 nitrogen and oxygen atoms in total. The fraction of sp³-hybridized carbons (Fsp3) is 0.643. The highest BCUT2D eigenvalue weighted by Crippen LogP contribution is 2.31. The molecule has 1 aromatic heterocycles. The van der Waals surface area contributed by atoms with Gasteiger partial charge in [0.1, 0.15) is 4.88 Å². The smallest absolute Gasteiger partial charge is 0.345 e. The molecule has 2 aliphatic rings. The Labute approximate surface area is 117 Å². The average Bonchev–Trinajstić information content (AvgIpc) is 2.94. The molecule has 3 rings (SSSR count). The molecule has 1 saturated carbocycles. The second kappa shape index (κ2) is 5.61. The van der Waals surface area contributed by atoms with Crippen LogP contribution < -0.4 is 5.32 Å². The molecule has 1 aliphatic carbocycles. The van der Waals surface area contributed by atoms with E-state index < -0.39 is 5.97 Å². The van der Waals surface area contributed by atoms with Crippen LogP contribution in [0.2, 0.25) is 0 Å². The van der Waals surface area contributed by atoms with Crippen molar-refractivity contribution in [3.8, 4) is 0 Å². The first-order valence-corrected chi connectivity index (χ1v) is 7.81. The maximum Gasteiger partial charge on any atom is 0.345 e. The van der Waals surface area contributed by atoms with Gasteiger partial charge in [0.25, 0.3) is 0 Å². The van der Waals surface area contributed by atoms with Gasteiger partial charge in [-0.05, 0) is 50.4 Å². The van der Waals surface area contributed by atoms with Gasteiger partial charge in [0.05, 0.1) is 0 Å². The molecule has 0 aromatic carbocycles. The number of nitrogens with one attached hydrogen (secondary N) is 1. The lowest BCUT2D eigenvalue weighted by Gasteiger charge is -2.14. The Morgan fingerprint density at radius 1 is 1.42 bits per heavy atom. The lowest BCUT2D eigenvalue weighted by atomic mass is 10.1. The number of likely N-dealkylation sites (tertiary alicyclic amines) is 1. The van der Waals surface area contributed by atoms with E-state index in [0.717, 1.165) is 29.9 Å². The van der Waals surface area contributed by atoms with E-state index in [1.165, 1.54) is 43.7 Å². The van der Waals surface area contributed by atoms with Gasteiger partial charge in [-0.25, -0.2) is 4.79 Å². The van der Waals surface area contributed by atoms with Crippen molar-refractivity contribution in [3.63, 3.8) is 0 Å². The van der Waals surface area contributed by atoms with Crippen molar-refractivity contribution in [2.24, 2.45) is 5.92 Å². The van der Waals surface area contributed by atoms with E-state index in [0.29, 0.717) is 4.88 Å². The van der Waals surface area contributed by atoms with Gasteiger partial charge in [0.2, 0.25) is 0 Å². The fourth-order valence-corrected chi connectivity index (χ4v) is 3.60. The maximum atomic E-state index is 10.8. The molecule has 1 unspecified atom stereocenters. The number of carboxylic acid groups (broad SMARTS) is 1. The van der Waals surface area contributed by atoms with Gasteiger partial charge in [-0.2, -0.15) is 0 Å². The zero-order chi connectivity index (χ0) is 13.2. The lowest BCUT2D eigenvalue weighted by molar-refractivity contribution is 0.0702. The topological polar surface area (TPSA) is 52.6 Å². The maximum absolute atomic E-state index is 10.8. The predicted octanol–water partition coefficient (Wildman–Crippen LogP) is 2.02. The van der Waals surface area contributed by atoms with E-state index >= 15 is 0 Å². The van der Waals surface area contributed by atoms with Crippen LogP contribution in [0.25, 0.3) is 0 Å². The first kappa shape index (κ1) is 13.1. The van der Waals surface area contributed by atoms with E-state index in [1.54, 1.807) is 6.07 Å². The van der Waals surface area contributed by atoms with E-state index in [4.69, 9.17) is 5.11 Å². The summed E-state index contributed by atoms with van der Waals surface area (Å²) in [6.45, 7) is 4.34. The Morgan fingerprint density at radius 2 is 2.26 bits per heavy atom. The van der Waals surface area contributed by atoms with E-state index in [9.17, 15) is 4.79 Å². The highest BCUT2D eigenvalue weighted by atomic mass is 32.1. The molecule has 0 spiro atoms. The highest BCUT2D eigenvalue weighted by Gasteiger charge is 2.33. The third kappa shape index (κ3) is 3.35. The minimum Gasteiger partial charge on any atom is -0.477 e. The Balaban J connectivity index is 1.39. The predicted molar refractivity (Wildman–Crippen MR) is 75.7 cm³/mol. The first-order chi connectivity index (χ1) is 9.22. The molecule has 0 bridgehead atoms. The second-order valence-corrected chi connectivity index (χ2v) is 6.75. The summed E-state index contributed by atoms with van der Waals surface area (Å²) in [5.74, 6) is -0.0633. The summed E-state index contributed by atoms with van der Waals surface area (Å²) in [6, 6.07) is 4.49. The molecule has 1 atom stereocenters. The summed E-state index contributed by atoms with van der Waals surface area (Å²) < 4.78 is 0. The number of rotatable bonds is 6. The first-order valence-electron chi connectivity index (χ1n) is 6.99. The normalized spacial score (nSPS) is 23.9. The van der Waals surface area contributed by atoms with Gasteiger partial charge in [-0.3, -0.25) is 0 Å². The van der Waals surface area contributed by atoms with Crippen LogP contribution >= 0.6 is 11.3 Å². The van der Waals surface area contributed by atoms with Crippen molar-refractivity contribution >= 4 is 17.3 Å². The summed E-state index contributed by atoms with van der Waals surface area (Å²) in [5, 5.41) is 12.3. The van der Waals surface area contributed by atoms with Gasteiger partial charge in [-0.1, -0.05) is 0 Å². The Kier molecular flexibility index (Phi) is 3.86. The molecule has 1 saturated heterocycles. The summed E-state index contributed by atoms with van der Waals surface area (Å²) >= 11 is 1.37. The van der Waals surface area contributed by atoms with E-state index in [2.05, 4.69) is 10.2 Å².